The fraction of sp³-hybridized carbons (Fsp3) is 0.233. The van der Waals surface area contributed by atoms with E-state index in [1.165, 1.54) is 0 Å². The molecule has 0 atom stereocenters. The maximum absolute atomic E-state index is 10.3. The summed E-state index contributed by atoms with van der Waals surface area (Å²) in [6.07, 6.45) is 5.75. The number of nitrogens with two attached hydrogens (primary N) is 2. The molecule has 1 aromatic carbocycles. The van der Waals surface area contributed by atoms with Crippen molar-refractivity contribution < 1.29 is 9.90 Å². The number of carbonyl (C=O) groups excluding carboxylic acids is 1. The van der Waals surface area contributed by atoms with E-state index in [0.29, 0.717) is 23.2 Å². The highest BCUT2D eigenvalue weighted by atomic mass is 35.5. The number of aliphatic imine (C=N–C) groups is 1. The summed E-state index contributed by atoms with van der Waals surface area (Å²) in [5, 5.41) is 15.6. The summed E-state index contributed by atoms with van der Waals surface area (Å²) in [7, 11) is 0. The number of amidine groups is 1. The predicted molar refractivity (Wildman–Crippen MR) is 162 cm³/mol. The number of hydrogen-bond acceptors (Lipinski definition) is 6. The Bertz CT molecular complexity index is 1730. The van der Waals surface area contributed by atoms with Crippen molar-refractivity contribution in [1.29, 1.82) is 0 Å². The van der Waals surface area contributed by atoms with Crippen molar-refractivity contribution in [2.75, 3.05) is 0 Å². The Morgan fingerprint density at radius 2 is 1.83 bits per heavy atom. The molecule has 0 aliphatic rings. The molecule has 11 heteroatoms. The molecule has 41 heavy (non-hydrogen) atoms. The maximum atomic E-state index is 10.3. The number of hydrogen-bond donors (Lipinski definition) is 3. The van der Waals surface area contributed by atoms with Gasteiger partial charge in [0.05, 0.1) is 34.8 Å². The van der Waals surface area contributed by atoms with E-state index >= 15 is 0 Å². The third-order valence-corrected chi connectivity index (χ3v) is 6.69. The Kier molecular flexibility index (Phi) is 8.55. The van der Waals surface area contributed by atoms with Crippen LogP contribution in [0, 0.1) is 20.8 Å². The first-order valence-corrected chi connectivity index (χ1v) is 13.3. The molecule has 4 heterocycles. The molecular weight excluding hydrogens is 540 g/mol. The van der Waals surface area contributed by atoms with Gasteiger partial charge in [-0.3, -0.25) is 13.9 Å². The van der Waals surface area contributed by atoms with Crippen LogP contribution in [0.4, 0.5) is 5.82 Å². The van der Waals surface area contributed by atoms with E-state index in [9.17, 15) is 5.11 Å². The van der Waals surface area contributed by atoms with Crippen LogP contribution in [0.2, 0.25) is 5.02 Å². The lowest BCUT2D eigenvalue weighted by atomic mass is 10.0. The van der Waals surface area contributed by atoms with Gasteiger partial charge in [-0.15, -0.1) is 0 Å². The fourth-order valence-electron chi connectivity index (χ4n) is 4.64. The normalized spacial score (nSPS) is 11.8. The number of benzene rings is 1. The first kappa shape index (κ1) is 29.4. The summed E-state index contributed by atoms with van der Waals surface area (Å²) in [6, 6.07) is 13.5. The first-order chi connectivity index (χ1) is 19.4. The highest BCUT2D eigenvalue weighted by Gasteiger charge is 2.20. The van der Waals surface area contributed by atoms with Gasteiger partial charge in [-0.25, -0.2) is 15.0 Å². The van der Waals surface area contributed by atoms with E-state index in [4.69, 9.17) is 27.2 Å². The molecule has 212 valence electrons. The molecule has 1 amide bonds. The molecular formula is C30H33ClN8O2. The molecule has 0 fully saturated rings. The minimum absolute atomic E-state index is 0.250. The minimum Gasteiger partial charge on any atom is -0.389 e. The fourth-order valence-corrected chi connectivity index (χ4v) is 4.75. The lowest BCUT2D eigenvalue weighted by Gasteiger charge is -2.18. The van der Waals surface area contributed by atoms with Crippen LogP contribution in [0.25, 0.3) is 28.0 Å². The Morgan fingerprint density at radius 1 is 1.10 bits per heavy atom. The molecule has 0 unspecified atom stereocenters. The van der Waals surface area contributed by atoms with Gasteiger partial charge in [-0.1, -0.05) is 23.7 Å². The van der Waals surface area contributed by atoms with Crippen molar-refractivity contribution in [3.8, 4) is 22.4 Å². The van der Waals surface area contributed by atoms with Gasteiger partial charge in [-0.05, 0) is 70.5 Å². The van der Waals surface area contributed by atoms with Crippen LogP contribution in [0.3, 0.4) is 0 Å². The van der Waals surface area contributed by atoms with Crippen molar-refractivity contribution in [2.45, 2.75) is 46.8 Å². The van der Waals surface area contributed by atoms with E-state index in [1.54, 1.807) is 32.2 Å². The van der Waals surface area contributed by atoms with Crippen LogP contribution in [0.1, 0.15) is 36.4 Å². The summed E-state index contributed by atoms with van der Waals surface area (Å²) in [5.74, 6) is 0.852. The van der Waals surface area contributed by atoms with Crippen LogP contribution in [0.5, 0.6) is 0 Å². The number of rotatable bonds is 6. The number of aromatic nitrogens is 5. The predicted octanol–water partition coefficient (Wildman–Crippen LogP) is 4.75. The lowest BCUT2D eigenvalue weighted by molar-refractivity contribution is -0.106. The van der Waals surface area contributed by atoms with Gasteiger partial charge in [0.1, 0.15) is 11.5 Å². The molecule has 0 spiro atoms. The van der Waals surface area contributed by atoms with Gasteiger partial charge >= 0.3 is 0 Å². The zero-order valence-corrected chi connectivity index (χ0v) is 24.4. The molecule has 0 saturated carbocycles. The van der Waals surface area contributed by atoms with E-state index in [2.05, 4.69) is 44.3 Å². The first-order valence-electron chi connectivity index (χ1n) is 12.9. The van der Waals surface area contributed by atoms with Gasteiger partial charge in [0.2, 0.25) is 6.41 Å². The number of nitrogens with zero attached hydrogens (tertiary/aromatic N) is 6. The van der Waals surface area contributed by atoms with Crippen molar-refractivity contribution in [3.63, 3.8) is 0 Å². The summed E-state index contributed by atoms with van der Waals surface area (Å²) in [5.41, 5.74) is 18.3. The molecule has 4 aromatic heterocycles. The SMILES string of the molecule is Cc1ccc(C(N)=Nc2ccc(Cl)cn2)cc1-c1cnc2ccc(-c3c(C)nn(CC(C)(C)O)c3C)cn12.NC=O. The van der Waals surface area contributed by atoms with E-state index in [-0.39, 0.29) is 6.41 Å². The van der Waals surface area contributed by atoms with Crippen LogP contribution in [0.15, 0.2) is 66.0 Å². The summed E-state index contributed by atoms with van der Waals surface area (Å²) in [4.78, 5) is 21.9. The highest BCUT2D eigenvalue weighted by molar-refractivity contribution is 6.30. The molecule has 5 aromatic rings. The van der Waals surface area contributed by atoms with Crippen LogP contribution in [-0.4, -0.2) is 47.1 Å². The number of carbonyl (C=O) groups is 1. The summed E-state index contributed by atoms with van der Waals surface area (Å²) in [6.45, 7) is 10.1. The maximum Gasteiger partial charge on any atom is 0.204 e. The Labute approximate surface area is 243 Å². The zero-order chi connectivity index (χ0) is 29.9. The second-order valence-electron chi connectivity index (χ2n) is 10.3. The van der Waals surface area contributed by atoms with Gasteiger partial charge < -0.3 is 16.6 Å². The number of aliphatic hydroxyl groups is 1. The molecule has 0 saturated heterocycles. The largest absolute Gasteiger partial charge is 0.389 e. The number of imidazole rings is 1. The molecule has 0 aliphatic carbocycles. The topological polar surface area (TPSA) is 150 Å². The molecule has 0 aliphatic heterocycles. The average molecular weight is 573 g/mol. The molecule has 10 nitrogen and oxygen atoms in total. The quantitative estimate of drug-likeness (QED) is 0.152. The van der Waals surface area contributed by atoms with Gasteiger partial charge in [0.15, 0.2) is 5.82 Å². The zero-order valence-electron chi connectivity index (χ0n) is 23.6. The van der Waals surface area contributed by atoms with Crippen molar-refractivity contribution >= 4 is 35.3 Å². The van der Waals surface area contributed by atoms with Crippen molar-refractivity contribution in [1.82, 2.24) is 24.1 Å². The second-order valence-corrected chi connectivity index (χ2v) is 10.7. The van der Waals surface area contributed by atoms with Crippen LogP contribution in [-0.2, 0) is 11.3 Å². The molecule has 0 radical (unpaired) electrons. The molecule has 0 bridgehead atoms. The number of aryl methyl sites for hydroxylation is 2. The molecule has 5 N–H and O–H groups in total. The number of primary amides is 1. The Hall–Kier alpha value is -4.54. The monoisotopic (exact) mass is 572 g/mol. The lowest BCUT2D eigenvalue weighted by Crippen LogP contribution is -2.27. The summed E-state index contributed by atoms with van der Waals surface area (Å²) >= 11 is 5.94. The van der Waals surface area contributed by atoms with E-state index in [0.717, 1.165) is 50.5 Å². The third kappa shape index (κ3) is 6.62. The number of halogens is 1. The van der Waals surface area contributed by atoms with Crippen LogP contribution >= 0.6 is 11.6 Å². The van der Waals surface area contributed by atoms with Crippen molar-refractivity contribution in [2.24, 2.45) is 16.5 Å². The third-order valence-electron chi connectivity index (χ3n) is 6.47. The number of fused-ring (bicyclic) bond motifs is 1. The van der Waals surface area contributed by atoms with Gasteiger partial charge in [0, 0.05) is 40.3 Å². The van der Waals surface area contributed by atoms with Gasteiger partial charge in [0.25, 0.3) is 0 Å². The van der Waals surface area contributed by atoms with Gasteiger partial charge in [-0.2, -0.15) is 5.10 Å². The standard InChI is InChI=1S/C29H30ClN7O.CH3NO/c1-17-6-7-20(28(31)34-25-10-9-22(30)13-32-25)12-23(17)24-14-33-26-11-8-21(15-36(24)26)27-18(2)35-37(19(27)3)16-29(4,5)38;2-1-3/h6-15,38H,16H2,1-5H3,(H2,31,32,34);1H,(H2,2,3). The van der Waals surface area contributed by atoms with E-state index in [1.807, 2.05) is 49.0 Å². The Morgan fingerprint density at radius 3 is 2.49 bits per heavy atom. The van der Waals surface area contributed by atoms with Crippen molar-refractivity contribution in [3.05, 3.63) is 88.6 Å². The number of pyridine rings is 2. The van der Waals surface area contributed by atoms with E-state index < -0.39 is 5.60 Å². The average Bonchev–Trinajstić information content (AvgIpc) is 3.44. The second kappa shape index (κ2) is 11.9. The highest BCUT2D eigenvalue weighted by Crippen LogP contribution is 2.31. The number of amides is 1. The van der Waals surface area contributed by atoms with Crippen LogP contribution < -0.4 is 11.5 Å². The smallest absolute Gasteiger partial charge is 0.204 e. The minimum atomic E-state index is -0.862. The molecule has 5 rings (SSSR count). The Balaban J connectivity index is 0.00000124. The summed E-state index contributed by atoms with van der Waals surface area (Å²) < 4.78 is 3.96.